The number of hydrogen-bond acceptors (Lipinski definition) is 6. The molecule has 2 N–H and O–H groups in total. The molecule has 0 unspecified atom stereocenters. The molecule has 0 radical (unpaired) electrons. The van der Waals surface area contributed by atoms with Gasteiger partial charge in [0.15, 0.2) is 10.9 Å². The summed E-state index contributed by atoms with van der Waals surface area (Å²) in [4.78, 5) is 29.7. The summed E-state index contributed by atoms with van der Waals surface area (Å²) in [5.74, 6) is 0.464. The van der Waals surface area contributed by atoms with Gasteiger partial charge in [-0.05, 0) is 5.92 Å². The zero-order valence-corrected chi connectivity index (χ0v) is 11.9. The van der Waals surface area contributed by atoms with Crippen LogP contribution in [0.25, 0.3) is 0 Å². The average molecular weight is 294 g/mol. The molecule has 6 nitrogen and oxygen atoms in total. The second-order valence-corrected chi connectivity index (χ2v) is 5.48. The van der Waals surface area contributed by atoms with Gasteiger partial charge in [0.2, 0.25) is 5.43 Å². The lowest BCUT2D eigenvalue weighted by Gasteiger charge is -2.06. The van der Waals surface area contributed by atoms with Gasteiger partial charge in [-0.3, -0.25) is 9.59 Å². The first kappa shape index (κ1) is 14.4. The van der Waals surface area contributed by atoms with Crippen molar-refractivity contribution in [1.82, 2.24) is 9.97 Å². The number of H-pyrrole nitrogens is 1. The fourth-order valence-electron chi connectivity index (χ4n) is 1.48. The van der Waals surface area contributed by atoms with Gasteiger partial charge in [-0.25, -0.2) is 4.98 Å². The fourth-order valence-corrected chi connectivity index (χ4v) is 2.25. The van der Waals surface area contributed by atoms with E-state index in [-0.39, 0.29) is 11.5 Å². The van der Waals surface area contributed by atoms with Crippen molar-refractivity contribution in [3.05, 3.63) is 50.4 Å². The van der Waals surface area contributed by atoms with E-state index in [2.05, 4.69) is 9.97 Å². The molecule has 0 amide bonds. The van der Waals surface area contributed by atoms with Gasteiger partial charge in [-0.15, -0.1) is 0 Å². The number of thioether (sulfide) groups is 1. The number of nitrogens with one attached hydrogen (secondary N) is 1. The minimum absolute atomic E-state index is 0.156. The molecular formula is C13H14N2O4S. The molecule has 0 atom stereocenters. The molecule has 2 aromatic rings. The second kappa shape index (κ2) is 5.96. The highest BCUT2D eigenvalue weighted by molar-refractivity contribution is 7.98. The van der Waals surface area contributed by atoms with E-state index in [4.69, 9.17) is 9.52 Å². The lowest BCUT2D eigenvalue weighted by molar-refractivity contribution is 0.419. The minimum atomic E-state index is -0.496. The number of aromatic nitrogens is 2. The molecule has 2 rings (SSSR count). The van der Waals surface area contributed by atoms with Crippen LogP contribution in [-0.2, 0) is 5.75 Å². The van der Waals surface area contributed by atoms with Crippen LogP contribution in [0.3, 0.4) is 0 Å². The van der Waals surface area contributed by atoms with Crippen LogP contribution in [0.2, 0.25) is 0 Å². The lowest BCUT2D eigenvalue weighted by Crippen LogP contribution is -2.11. The molecule has 2 heterocycles. The number of nitrogens with zero attached hydrogens (tertiary/aromatic N) is 1. The second-order valence-electron chi connectivity index (χ2n) is 4.51. The first-order valence-corrected chi connectivity index (χ1v) is 6.99. The molecule has 0 aliphatic rings. The van der Waals surface area contributed by atoms with Gasteiger partial charge in [0.1, 0.15) is 12.0 Å². The highest BCUT2D eigenvalue weighted by Gasteiger charge is 2.07. The zero-order valence-electron chi connectivity index (χ0n) is 11.0. The van der Waals surface area contributed by atoms with E-state index in [1.54, 1.807) is 0 Å². The Labute approximate surface area is 118 Å². The SMILES string of the molecule is CC(C)c1cc(=O)[nH]c(SCc2cc(=O)c(O)co2)n1. The molecule has 20 heavy (non-hydrogen) atoms. The summed E-state index contributed by atoms with van der Waals surface area (Å²) in [5.41, 5.74) is 0.00556. The molecule has 0 spiro atoms. The molecule has 7 heteroatoms. The summed E-state index contributed by atoms with van der Waals surface area (Å²) < 4.78 is 5.08. The van der Waals surface area contributed by atoms with Crippen LogP contribution >= 0.6 is 11.8 Å². The van der Waals surface area contributed by atoms with Crippen LogP contribution in [0.4, 0.5) is 0 Å². The number of rotatable bonds is 4. The van der Waals surface area contributed by atoms with Crippen LogP contribution < -0.4 is 11.0 Å². The van der Waals surface area contributed by atoms with Gasteiger partial charge in [-0.1, -0.05) is 25.6 Å². The largest absolute Gasteiger partial charge is 0.502 e. The van der Waals surface area contributed by atoms with Crippen molar-refractivity contribution in [2.45, 2.75) is 30.7 Å². The van der Waals surface area contributed by atoms with Gasteiger partial charge >= 0.3 is 0 Å². The Morgan fingerprint density at radius 3 is 2.80 bits per heavy atom. The molecule has 0 saturated heterocycles. The molecular weight excluding hydrogens is 280 g/mol. The van der Waals surface area contributed by atoms with Gasteiger partial charge < -0.3 is 14.5 Å². The van der Waals surface area contributed by atoms with E-state index in [0.717, 1.165) is 6.26 Å². The summed E-state index contributed by atoms with van der Waals surface area (Å²) in [7, 11) is 0. The van der Waals surface area contributed by atoms with Crippen molar-refractivity contribution in [3.8, 4) is 5.75 Å². The maximum atomic E-state index is 11.5. The highest BCUT2D eigenvalue weighted by atomic mass is 32.2. The third-order valence-corrected chi connectivity index (χ3v) is 3.44. The normalized spacial score (nSPS) is 10.9. The monoisotopic (exact) mass is 294 g/mol. The fraction of sp³-hybridized carbons (Fsp3) is 0.308. The standard InChI is InChI=1S/C13H14N2O4S/c1-7(2)9-4-12(18)15-13(14-9)20-6-8-3-10(16)11(17)5-19-8/h3-5,7,17H,6H2,1-2H3,(H,14,15,18). The molecule has 106 valence electrons. The maximum absolute atomic E-state index is 11.5. The van der Waals surface area contributed by atoms with Gasteiger partial charge in [-0.2, -0.15) is 0 Å². The van der Waals surface area contributed by atoms with E-state index >= 15 is 0 Å². The van der Waals surface area contributed by atoms with Gasteiger partial charge in [0, 0.05) is 12.1 Å². The summed E-state index contributed by atoms with van der Waals surface area (Å²) in [6.45, 7) is 3.91. The van der Waals surface area contributed by atoms with Crippen LogP contribution in [0.5, 0.6) is 5.75 Å². The van der Waals surface area contributed by atoms with Crippen LogP contribution in [-0.4, -0.2) is 15.1 Å². The van der Waals surface area contributed by atoms with Crippen molar-refractivity contribution in [2.75, 3.05) is 0 Å². The van der Waals surface area contributed by atoms with Crippen LogP contribution in [0.15, 0.2) is 37.6 Å². The van der Waals surface area contributed by atoms with E-state index < -0.39 is 11.2 Å². The first-order valence-electron chi connectivity index (χ1n) is 6.00. The molecule has 0 bridgehead atoms. The van der Waals surface area contributed by atoms with Crippen molar-refractivity contribution >= 4 is 11.8 Å². The summed E-state index contributed by atoms with van der Waals surface area (Å²) in [6.07, 6.45) is 0.999. The summed E-state index contributed by atoms with van der Waals surface area (Å²) in [5, 5.41) is 9.56. The van der Waals surface area contributed by atoms with Crippen molar-refractivity contribution in [1.29, 1.82) is 0 Å². The molecule has 0 saturated carbocycles. The summed E-state index contributed by atoms with van der Waals surface area (Å²) >= 11 is 1.25. The summed E-state index contributed by atoms with van der Waals surface area (Å²) in [6, 6.07) is 2.68. The Morgan fingerprint density at radius 1 is 1.40 bits per heavy atom. The Morgan fingerprint density at radius 2 is 2.15 bits per heavy atom. The number of aromatic hydroxyl groups is 1. The van der Waals surface area contributed by atoms with Crippen molar-refractivity contribution in [2.24, 2.45) is 0 Å². The smallest absolute Gasteiger partial charge is 0.251 e. The van der Waals surface area contributed by atoms with Crippen molar-refractivity contribution in [3.63, 3.8) is 0 Å². The zero-order chi connectivity index (χ0) is 14.7. The van der Waals surface area contributed by atoms with Crippen molar-refractivity contribution < 1.29 is 9.52 Å². The third kappa shape index (κ3) is 3.51. The molecule has 0 fully saturated rings. The predicted molar refractivity (Wildman–Crippen MR) is 75.2 cm³/mol. The van der Waals surface area contributed by atoms with E-state index in [1.165, 1.54) is 23.9 Å². The molecule has 0 aliphatic heterocycles. The van der Waals surface area contributed by atoms with E-state index in [0.29, 0.717) is 22.4 Å². The molecule has 2 aromatic heterocycles. The van der Waals surface area contributed by atoms with E-state index in [9.17, 15) is 9.59 Å². The van der Waals surface area contributed by atoms with Crippen LogP contribution in [0.1, 0.15) is 31.2 Å². The van der Waals surface area contributed by atoms with Crippen LogP contribution in [0, 0.1) is 0 Å². The Kier molecular flexibility index (Phi) is 4.29. The van der Waals surface area contributed by atoms with Gasteiger partial charge in [0.05, 0.1) is 11.4 Å². The van der Waals surface area contributed by atoms with E-state index in [1.807, 2.05) is 13.8 Å². The third-order valence-electron chi connectivity index (χ3n) is 2.55. The maximum Gasteiger partial charge on any atom is 0.251 e. The predicted octanol–water partition coefficient (Wildman–Crippen LogP) is 1.84. The minimum Gasteiger partial charge on any atom is -0.502 e. The Balaban J connectivity index is 2.16. The van der Waals surface area contributed by atoms with Gasteiger partial charge in [0.25, 0.3) is 5.56 Å². The number of aromatic amines is 1. The first-order chi connectivity index (χ1) is 9.45. The number of hydrogen-bond donors (Lipinski definition) is 2. The average Bonchev–Trinajstić information content (AvgIpc) is 2.39. The Bertz CT molecular complexity index is 721. The lowest BCUT2D eigenvalue weighted by atomic mass is 10.1. The topological polar surface area (TPSA) is 96.2 Å². The Hall–Kier alpha value is -2.02. The molecule has 0 aromatic carbocycles. The highest BCUT2D eigenvalue weighted by Crippen LogP contribution is 2.20. The quantitative estimate of drug-likeness (QED) is 0.660. The molecule has 0 aliphatic carbocycles.